The van der Waals surface area contributed by atoms with Crippen LogP contribution in [0.5, 0.6) is 0 Å². The monoisotopic (exact) mass is 242 g/mol. The van der Waals surface area contributed by atoms with Crippen molar-refractivity contribution in [3.63, 3.8) is 0 Å². The lowest BCUT2D eigenvalue weighted by Gasteiger charge is -2.32. The molecule has 0 spiro atoms. The van der Waals surface area contributed by atoms with Crippen molar-refractivity contribution in [1.82, 2.24) is 10.2 Å². The minimum atomic E-state index is 0.710. The second kappa shape index (κ2) is 7.20. The summed E-state index contributed by atoms with van der Waals surface area (Å²) in [6, 6.07) is 10.9. The summed E-state index contributed by atoms with van der Waals surface area (Å²) in [6.45, 7) is 6.50. The van der Waals surface area contributed by atoms with Crippen LogP contribution in [-0.4, -0.2) is 37.1 Å². The molecule has 1 aromatic rings. The molecule has 0 bridgehead atoms. The van der Waals surface area contributed by atoms with Crippen LogP contribution in [0.15, 0.2) is 30.3 Å². The van der Waals surface area contributed by atoms with Crippen LogP contribution in [0.4, 0.5) is 0 Å². The lowest BCUT2D eigenvalue weighted by molar-refractivity contribution is 0.190. The van der Waals surface area contributed by atoms with E-state index in [1.54, 1.807) is 0 Å². The standard InChI is InChI=1S/C16H22N2/c1-2-18(16-10-12-17-13-11-16)14-6-9-15-7-4-3-5-8-15/h3-5,7-8,16-17H,2,10-14H2,1H3. The van der Waals surface area contributed by atoms with Crippen LogP contribution in [0.25, 0.3) is 0 Å². The lowest BCUT2D eigenvalue weighted by Crippen LogP contribution is -2.43. The molecule has 0 saturated carbocycles. The van der Waals surface area contributed by atoms with Gasteiger partial charge >= 0.3 is 0 Å². The Morgan fingerprint density at radius 1 is 1.22 bits per heavy atom. The lowest BCUT2D eigenvalue weighted by atomic mass is 10.0. The first kappa shape index (κ1) is 13.1. The molecule has 18 heavy (non-hydrogen) atoms. The molecule has 1 aromatic carbocycles. The van der Waals surface area contributed by atoms with Gasteiger partial charge in [0.05, 0.1) is 6.54 Å². The molecule has 1 saturated heterocycles. The van der Waals surface area contributed by atoms with Crippen molar-refractivity contribution in [1.29, 1.82) is 0 Å². The first-order chi connectivity index (χ1) is 8.90. The normalized spacial score (nSPS) is 16.3. The summed E-state index contributed by atoms with van der Waals surface area (Å²) in [5.41, 5.74) is 1.11. The highest BCUT2D eigenvalue weighted by Crippen LogP contribution is 2.10. The average Bonchev–Trinajstić information content (AvgIpc) is 2.46. The SMILES string of the molecule is CCN(CC#Cc1ccccc1)C1CCNCC1. The number of hydrogen-bond donors (Lipinski definition) is 1. The topological polar surface area (TPSA) is 15.3 Å². The molecule has 0 radical (unpaired) electrons. The summed E-state index contributed by atoms with van der Waals surface area (Å²) >= 11 is 0. The number of hydrogen-bond acceptors (Lipinski definition) is 2. The smallest absolute Gasteiger partial charge is 0.0607 e. The third-order valence-corrected chi connectivity index (χ3v) is 3.52. The molecule has 0 atom stereocenters. The molecule has 0 aromatic heterocycles. The van der Waals surface area contributed by atoms with Crippen molar-refractivity contribution < 1.29 is 0 Å². The van der Waals surface area contributed by atoms with Crippen molar-refractivity contribution in [3.05, 3.63) is 35.9 Å². The fourth-order valence-corrected chi connectivity index (χ4v) is 2.44. The van der Waals surface area contributed by atoms with Gasteiger partial charge in [-0.05, 0) is 44.6 Å². The van der Waals surface area contributed by atoms with E-state index in [0.29, 0.717) is 6.04 Å². The van der Waals surface area contributed by atoms with Gasteiger partial charge in [0.2, 0.25) is 0 Å². The van der Waals surface area contributed by atoms with Crippen LogP contribution in [0.3, 0.4) is 0 Å². The molecule has 1 N–H and O–H groups in total. The molecular formula is C16H22N2. The van der Waals surface area contributed by atoms with E-state index < -0.39 is 0 Å². The Morgan fingerprint density at radius 2 is 1.94 bits per heavy atom. The summed E-state index contributed by atoms with van der Waals surface area (Å²) in [4.78, 5) is 2.50. The minimum Gasteiger partial charge on any atom is -0.317 e. The molecule has 96 valence electrons. The van der Waals surface area contributed by atoms with E-state index in [9.17, 15) is 0 Å². The summed E-state index contributed by atoms with van der Waals surface area (Å²) in [7, 11) is 0. The Labute approximate surface area is 110 Å². The van der Waals surface area contributed by atoms with Crippen molar-refractivity contribution in [2.24, 2.45) is 0 Å². The molecule has 1 aliphatic rings. The second-order valence-corrected chi connectivity index (χ2v) is 4.71. The zero-order valence-electron chi connectivity index (χ0n) is 11.2. The number of nitrogens with zero attached hydrogens (tertiary/aromatic N) is 1. The van der Waals surface area contributed by atoms with E-state index in [1.165, 1.54) is 12.8 Å². The zero-order valence-corrected chi connectivity index (χ0v) is 11.2. The Kier molecular flexibility index (Phi) is 5.26. The number of rotatable bonds is 3. The van der Waals surface area contributed by atoms with Gasteiger partial charge in [-0.3, -0.25) is 4.90 Å². The maximum Gasteiger partial charge on any atom is 0.0607 e. The summed E-state index contributed by atoms with van der Waals surface area (Å²) in [6.07, 6.45) is 2.50. The molecule has 2 heteroatoms. The van der Waals surface area contributed by atoms with Gasteiger partial charge < -0.3 is 5.32 Å². The molecule has 0 amide bonds. The van der Waals surface area contributed by atoms with Gasteiger partial charge in [0.15, 0.2) is 0 Å². The van der Waals surface area contributed by atoms with Crippen LogP contribution >= 0.6 is 0 Å². The first-order valence-corrected chi connectivity index (χ1v) is 6.89. The number of benzene rings is 1. The van der Waals surface area contributed by atoms with Crippen LogP contribution < -0.4 is 5.32 Å². The molecular weight excluding hydrogens is 220 g/mol. The van der Waals surface area contributed by atoms with Crippen molar-refractivity contribution >= 4 is 0 Å². The van der Waals surface area contributed by atoms with Crippen LogP contribution in [0.1, 0.15) is 25.3 Å². The van der Waals surface area contributed by atoms with Crippen molar-refractivity contribution in [3.8, 4) is 11.8 Å². The minimum absolute atomic E-state index is 0.710. The van der Waals surface area contributed by atoms with Gasteiger partial charge in [-0.15, -0.1) is 0 Å². The van der Waals surface area contributed by atoms with Crippen LogP contribution in [-0.2, 0) is 0 Å². The summed E-state index contributed by atoms with van der Waals surface area (Å²) in [5.74, 6) is 6.55. The third-order valence-electron chi connectivity index (χ3n) is 3.52. The van der Waals surface area contributed by atoms with E-state index >= 15 is 0 Å². The summed E-state index contributed by atoms with van der Waals surface area (Å²) < 4.78 is 0. The molecule has 1 aliphatic heterocycles. The van der Waals surface area contributed by atoms with E-state index in [0.717, 1.165) is 31.7 Å². The quantitative estimate of drug-likeness (QED) is 0.817. The first-order valence-electron chi connectivity index (χ1n) is 6.89. The molecule has 0 unspecified atom stereocenters. The maximum atomic E-state index is 3.41. The van der Waals surface area contributed by atoms with Gasteiger partial charge in [-0.2, -0.15) is 0 Å². The van der Waals surface area contributed by atoms with Gasteiger partial charge in [0.1, 0.15) is 0 Å². The predicted octanol–water partition coefficient (Wildman–Crippen LogP) is 2.11. The van der Waals surface area contributed by atoms with E-state index in [4.69, 9.17) is 0 Å². The Hall–Kier alpha value is -1.30. The number of piperidine rings is 1. The van der Waals surface area contributed by atoms with Gasteiger partial charge in [-0.1, -0.05) is 37.0 Å². The van der Waals surface area contributed by atoms with Crippen molar-refractivity contribution in [2.45, 2.75) is 25.8 Å². The highest BCUT2D eigenvalue weighted by Gasteiger charge is 2.18. The van der Waals surface area contributed by atoms with Gasteiger partial charge in [0, 0.05) is 11.6 Å². The fraction of sp³-hybridized carbons (Fsp3) is 0.500. The van der Waals surface area contributed by atoms with Crippen molar-refractivity contribution in [2.75, 3.05) is 26.2 Å². The predicted molar refractivity (Wildman–Crippen MR) is 76.5 cm³/mol. The Morgan fingerprint density at radius 3 is 2.61 bits per heavy atom. The molecule has 0 aliphatic carbocycles. The van der Waals surface area contributed by atoms with E-state index in [-0.39, 0.29) is 0 Å². The van der Waals surface area contributed by atoms with Crippen LogP contribution in [0, 0.1) is 11.8 Å². The Bertz CT molecular complexity index is 396. The molecule has 2 rings (SSSR count). The summed E-state index contributed by atoms with van der Waals surface area (Å²) in [5, 5.41) is 3.41. The fourth-order valence-electron chi connectivity index (χ4n) is 2.44. The third kappa shape index (κ3) is 3.87. The van der Waals surface area contributed by atoms with E-state index in [1.807, 2.05) is 18.2 Å². The highest BCUT2D eigenvalue weighted by atomic mass is 15.2. The largest absolute Gasteiger partial charge is 0.317 e. The number of nitrogens with one attached hydrogen (secondary N) is 1. The average molecular weight is 242 g/mol. The Balaban J connectivity index is 1.89. The molecule has 1 fully saturated rings. The van der Waals surface area contributed by atoms with E-state index in [2.05, 4.69) is 41.1 Å². The second-order valence-electron chi connectivity index (χ2n) is 4.71. The molecule has 2 nitrogen and oxygen atoms in total. The zero-order chi connectivity index (χ0) is 12.6. The van der Waals surface area contributed by atoms with Gasteiger partial charge in [0.25, 0.3) is 0 Å². The maximum absolute atomic E-state index is 3.41. The van der Waals surface area contributed by atoms with Gasteiger partial charge in [-0.25, -0.2) is 0 Å². The molecule has 1 heterocycles. The highest BCUT2D eigenvalue weighted by molar-refractivity contribution is 5.33. The van der Waals surface area contributed by atoms with Crippen LogP contribution in [0.2, 0.25) is 0 Å².